The Morgan fingerprint density at radius 2 is 1.66 bits per heavy atom. The number of hydrogen-bond donors (Lipinski definition) is 1. The van der Waals surface area contributed by atoms with Gasteiger partial charge in [0.2, 0.25) is 5.91 Å². The van der Waals surface area contributed by atoms with E-state index in [1.54, 1.807) is 0 Å². The smallest absolute Gasteiger partial charge is 0.220 e. The number of piperidine rings is 1. The van der Waals surface area contributed by atoms with Crippen LogP contribution in [0, 0.1) is 34.5 Å². The van der Waals surface area contributed by atoms with Gasteiger partial charge in [-0.15, -0.1) is 0 Å². The van der Waals surface area contributed by atoms with Crippen LogP contribution in [0.15, 0.2) is 0 Å². The quantitative estimate of drug-likeness (QED) is 0.643. The van der Waals surface area contributed by atoms with Gasteiger partial charge in [-0.05, 0) is 99.2 Å². The fourth-order valence-electron chi connectivity index (χ4n) is 9.11. The normalized spacial score (nSPS) is 48.9. The van der Waals surface area contributed by atoms with Crippen molar-refractivity contribution in [2.75, 3.05) is 0 Å². The summed E-state index contributed by atoms with van der Waals surface area (Å²) in [7, 11) is 0. The molecular weight excluding hydrogens is 358 g/mol. The van der Waals surface area contributed by atoms with E-state index in [2.05, 4.69) is 26.1 Å². The molecule has 4 saturated carbocycles. The van der Waals surface area contributed by atoms with Gasteiger partial charge in [-0.25, -0.2) is 0 Å². The van der Waals surface area contributed by atoms with Gasteiger partial charge in [0.1, 0.15) is 0 Å². The molecule has 1 aliphatic heterocycles. The summed E-state index contributed by atoms with van der Waals surface area (Å²) >= 11 is 0. The van der Waals surface area contributed by atoms with Crippen molar-refractivity contribution in [1.82, 2.24) is 5.32 Å². The fraction of sp³-hybridized carbons (Fsp3) is 0.962. The Balaban J connectivity index is 1.31. The lowest BCUT2D eigenvalue weighted by molar-refractivity contribution is -0.141. The van der Waals surface area contributed by atoms with Crippen molar-refractivity contribution in [1.29, 1.82) is 0 Å². The first-order chi connectivity index (χ1) is 13.9. The number of carbonyl (C=O) groups is 1. The molecule has 0 radical (unpaired) electrons. The predicted octanol–water partition coefficient (Wildman–Crippen LogP) is 5.86. The molecule has 5 rings (SSSR count). The molecular formula is C26H43NO2. The first-order valence-corrected chi connectivity index (χ1v) is 12.9. The maximum Gasteiger partial charge on any atom is 0.220 e. The van der Waals surface area contributed by atoms with Crippen LogP contribution >= 0.6 is 0 Å². The second-order valence-electron chi connectivity index (χ2n) is 11.9. The molecule has 1 amide bonds. The zero-order valence-corrected chi connectivity index (χ0v) is 19.1. The summed E-state index contributed by atoms with van der Waals surface area (Å²) in [5, 5.41) is 3.37. The standard InChI is InChI=1S/C26H43NO2/c1-17(29-18-7-5-4-6-8-18)20-10-11-21-19-9-12-23-26(3,16-14-24(28)27-23)22(19)13-15-25(20,21)2/h17-23H,4-16H2,1-3H3,(H,27,28)/t17-,19?,20?,21?,22?,23?,25-,26-/m1/s1. The minimum Gasteiger partial charge on any atom is -0.375 e. The number of fused-ring (bicyclic) bond motifs is 5. The van der Waals surface area contributed by atoms with Crippen LogP contribution in [0.4, 0.5) is 0 Å². The molecule has 0 aromatic heterocycles. The van der Waals surface area contributed by atoms with E-state index in [1.165, 1.54) is 70.6 Å². The average Bonchev–Trinajstić information content (AvgIpc) is 3.06. The van der Waals surface area contributed by atoms with E-state index in [-0.39, 0.29) is 0 Å². The number of rotatable bonds is 3. The minimum absolute atomic E-state index is 0.293. The molecule has 3 heteroatoms. The molecule has 0 aromatic rings. The van der Waals surface area contributed by atoms with Crippen LogP contribution in [-0.4, -0.2) is 24.2 Å². The molecule has 3 nitrogen and oxygen atoms in total. The van der Waals surface area contributed by atoms with Crippen molar-refractivity contribution in [3.63, 3.8) is 0 Å². The predicted molar refractivity (Wildman–Crippen MR) is 116 cm³/mol. The van der Waals surface area contributed by atoms with Crippen molar-refractivity contribution in [2.24, 2.45) is 34.5 Å². The van der Waals surface area contributed by atoms with Gasteiger partial charge in [0.05, 0.1) is 12.2 Å². The van der Waals surface area contributed by atoms with E-state index in [0.717, 1.165) is 36.5 Å². The Labute approximate surface area is 178 Å². The highest BCUT2D eigenvalue weighted by Gasteiger charge is 2.61. The van der Waals surface area contributed by atoms with Crippen molar-refractivity contribution < 1.29 is 9.53 Å². The molecule has 4 aliphatic carbocycles. The average molecular weight is 402 g/mol. The van der Waals surface area contributed by atoms with Gasteiger partial charge in [-0.3, -0.25) is 4.79 Å². The maximum atomic E-state index is 12.0. The summed E-state index contributed by atoms with van der Waals surface area (Å²) < 4.78 is 6.70. The zero-order chi connectivity index (χ0) is 20.2. The van der Waals surface area contributed by atoms with Gasteiger partial charge < -0.3 is 10.1 Å². The Morgan fingerprint density at radius 3 is 2.45 bits per heavy atom. The molecule has 5 unspecified atom stereocenters. The van der Waals surface area contributed by atoms with Crippen LogP contribution in [-0.2, 0) is 9.53 Å². The van der Waals surface area contributed by atoms with Crippen molar-refractivity contribution in [3.8, 4) is 0 Å². The summed E-state index contributed by atoms with van der Waals surface area (Å²) in [5.74, 6) is 3.59. The van der Waals surface area contributed by atoms with E-state index in [0.29, 0.717) is 35.0 Å². The van der Waals surface area contributed by atoms with Gasteiger partial charge in [0.25, 0.3) is 0 Å². The molecule has 5 fully saturated rings. The summed E-state index contributed by atoms with van der Waals surface area (Å²) in [6.07, 6.45) is 17.6. The van der Waals surface area contributed by atoms with E-state index in [4.69, 9.17) is 4.74 Å². The second-order valence-corrected chi connectivity index (χ2v) is 11.9. The third kappa shape index (κ3) is 3.29. The van der Waals surface area contributed by atoms with Crippen LogP contribution in [0.5, 0.6) is 0 Å². The van der Waals surface area contributed by atoms with Crippen LogP contribution in [0.1, 0.15) is 104 Å². The van der Waals surface area contributed by atoms with E-state index in [9.17, 15) is 4.79 Å². The fourth-order valence-corrected chi connectivity index (χ4v) is 9.11. The van der Waals surface area contributed by atoms with Crippen LogP contribution in [0.3, 0.4) is 0 Å². The molecule has 0 spiro atoms. The van der Waals surface area contributed by atoms with Gasteiger partial charge in [0, 0.05) is 12.5 Å². The topological polar surface area (TPSA) is 38.3 Å². The Morgan fingerprint density at radius 1 is 0.897 bits per heavy atom. The Bertz CT molecular complexity index is 628. The van der Waals surface area contributed by atoms with Gasteiger partial charge in [-0.2, -0.15) is 0 Å². The highest BCUT2D eigenvalue weighted by atomic mass is 16.5. The molecule has 164 valence electrons. The highest BCUT2D eigenvalue weighted by Crippen LogP contribution is 2.66. The summed E-state index contributed by atoms with van der Waals surface area (Å²) in [5.41, 5.74) is 0.802. The number of amides is 1. The third-order valence-corrected chi connectivity index (χ3v) is 10.7. The highest BCUT2D eigenvalue weighted by molar-refractivity contribution is 5.77. The third-order valence-electron chi connectivity index (χ3n) is 10.7. The molecule has 1 N–H and O–H groups in total. The molecule has 8 atom stereocenters. The van der Waals surface area contributed by atoms with E-state index in [1.807, 2.05) is 0 Å². The summed E-state index contributed by atoms with van der Waals surface area (Å²) in [4.78, 5) is 12.0. The molecule has 5 aliphatic rings. The van der Waals surface area contributed by atoms with Crippen molar-refractivity contribution in [2.45, 2.75) is 122 Å². The van der Waals surface area contributed by atoms with E-state index >= 15 is 0 Å². The Hall–Kier alpha value is -0.570. The zero-order valence-electron chi connectivity index (χ0n) is 19.1. The monoisotopic (exact) mass is 401 g/mol. The van der Waals surface area contributed by atoms with E-state index < -0.39 is 0 Å². The van der Waals surface area contributed by atoms with Gasteiger partial charge in [0.15, 0.2) is 0 Å². The largest absolute Gasteiger partial charge is 0.375 e. The van der Waals surface area contributed by atoms with Crippen LogP contribution in [0.2, 0.25) is 0 Å². The number of ether oxygens (including phenoxy) is 1. The van der Waals surface area contributed by atoms with Crippen LogP contribution < -0.4 is 5.32 Å². The Kier molecular flexibility index (Phi) is 5.28. The number of carbonyl (C=O) groups excluding carboxylic acids is 1. The lowest BCUT2D eigenvalue weighted by atomic mass is 9.47. The first kappa shape index (κ1) is 20.3. The lowest BCUT2D eigenvalue weighted by Crippen LogP contribution is -2.61. The van der Waals surface area contributed by atoms with Gasteiger partial charge in [-0.1, -0.05) is 33.1 Å². The lowest BCUT2D eigenvalue weighted by Gasteiger charge is -2.60. The van der Waals surface area contributed by atoms with Crippen molar-refractivity contribution in [3.05, 3.63) is 0 Å². The van der Waals surface area contributed by atoms with Crippen molar-refractivity contribution >= 4 is 5.91 Å². The number of hydrogen-bond acceptors (Lipinski definition) is 2. The molecule has 29 heavy (non-hydrogen) atoms. The second kappa shape index (κ2) is 7.53. The number of nitrogens with one attached hydrogen (secondary N) is 1. The SMILES string of the molecule is C[C@@H](OC1CCCCC1)C1CCC2C3CCC4NC(=O)CC[C@]4(C)C3CC[C@@]21C. The molecule has 1 heterocycles. The van der Waals surface area contributed by atoms with Gasteiger partial charge >= 0.3 is 0 Å². The first-order valence-electron chi connectivity index (χ1n) is 12.9. The summed E-state index contributed by atoms with van der Waals surface area (Å²) in [6, 6.07) is 0.431. The molecule has 0 bridgehead atoms. The molecule has 0 aromatic carbocycles. The summed E-state index contributed by atoms with van der Waals surface area (Å²) in [6.45, 7) is 7.54. The minimum atomic E-state index is 0.293. The maximum absolute atomic E-state index is 12.0. The molecule has 1 saturated heterocycles. The van der Waals surface area contributed by atoms with Crippen LogP contribution in [0.25, 0.3) is 0 Å².